The van der Waals surface area contributed by atoms with E-state index in [1.807, 2.05) is 18.2 Å². The molecule has 0 aromatic carbocycles. The molecule has 15 heavy (non-hydrogen) atoms. The highest BCUT2D eigenvalue weighted by Gasteiger charge is 2.26. The van der Waals surface area contributed by atoms with Crippen LogP contribution < -0.4 is 5.73 Å². The predicted molar refractivity (Wildman–Crippen MR) is 64.7 cm³/mol. The number of allylic oxidation sites excluding steroid dienone is 2. The van der Waals surface area contributed by atoms with Crippen LogP contribution in [0.4, 0.5) is 0 Å². The maximum Gasteiger partial charge on any atom is 0.166 e. The van der Waals surface area contributed by atoms with Gasteiger partial charge in [-0.15, -0.1) is 0 Å². The van der Waals surface area contributed by atoms with E-state index in [4.69, 9.17) is 22.1 Å². The highest BCUT2D eigenvalue weighted by atomic mass is 35.5. The molecule has 0 aromatic rings. The highest BCUT2D eigenvalue weighted by Crippen LogP contribution is 2.29. The van der Waals surface area contributed by atoms with Crippen molar-refractivity contribution in [3.8, 4) is 0 Å². The summed E-state index contributed by atoms with van der Waals surface area (Å²) in [5, 5.41) is -0.703. The number of rotatable bonds is 6. The van der Waals surface area contributed by atoms with Gasteiger partial charge in [-0.25, -0.2) is 0 Å². The van der Waals surface area contributed by atoms with Gasteiger partial charge in [0.05, 0.1) is 0 Å². The van der Waals surface area contributed by atoms with Crippen LogP contribution in [0.25, 0.3) is 0 Å². The molecule has 1 unspecified atom stereocenters. The van der Waals surface area contributed by atoms with Crippen LogP contribution in [0, 0.1) is 0 Å². The Bertz CT molecular complexity index is 250. The van der Waals surface area contributed by atoms with Crippen molar-refractivity contribution < 1.29 is 4.74 Å². The van der Waals surface area contributed by atoms with Crippen LogP contribution in [0.5, 0.6) is 0 Å². The average molecular weight is 230 g/mol. The van der Waals surface area contributed by atoms with E-state index in [-0.39, 0.29) is 0 Å². The van der Waals surface area contributed by atoms with Gasteiger partial charge in [-0.3, -0.25) is 0 Å². The van der Waals surface area contributed by atoms with Gasteiger partial charge in [0.25, 0.3) is 0 Å². The molecule has 2 N–H and O–H groups in total. The summed E-state index contributed by atoms with van der Waals surface area (Å²) in [6.07, 6.45) is 10.9. The SMILES string of the molecule is CCCCCCOC1(Cl)C=CC=C(N)C1. The number of hydrogen-bond acceptors (Lipinski definition) is 2. The topological polar surface area (TPSA) is 35.2 Å². The molecule has 86 valence electrons. The molecule has 0 saturated heterocycles. The van der Waals surface area contributed by atoms with E-state index >= 15 is 0 Å². The summed E-state index contributed by atoms with van der Waals surface area (Å²) in [5.41, 5.74) is 6.49. The second-order valence-corrected chi connectivity index (χ2v) is 4.61. The summed E-state index contributed by atoms with van der Waals surface area (Å²) in [6, 6.07) is 0. The molecule has 0 aliphatic heterocycles. The number of halogens is 1. The Balaban J connectivity index is 2.20. The minimum absolute atomic E-state index is 0.582. The lowest BCUT2D eigenvalue weighted by Gasteiger charge is -2.26. The number of alkyl halides is 1. The third-order valence-electron chi connectivity index (χ3n) is 2.44. The zero-order valence-electron chi connectivity index (χ0n) is 9.34. The Morgan fingerprint density at radius 3 is 2.93 bits per heavy atom. The first-order valence-corrected chi connectivity index (χ1v) is 6.01. The van der Waals surface area contributed by atoms with Crippen LogP contribution in [-0.2, 0) is 4.74 Å². The minimum atomic E-state index is -0.703. The van der Waals surface area contributed by atoms with Crippen molar-refractivity contribution in [1.29, 1.82) is 0 Å². The fourth-order valence-electron chi connectivity index (χ4n) is 1.58. The van der Waals surface area contributed by atoms with E-state index in [1.165, 1.54) is 19.3 Å². The lowest BCUT2D eigenvalue weighted by Crippen LogP contribution is -2.27. The third-order valence-corrected chi connectivity index (χ3v) is 2.81. The molecule has 0 fully saturated rings. The predicted octanol–water partition coefficient (Wildman–Crippen LogP) is 3.32. The summed E-state index contributed by atoms with van der Waals surface area (Å²) in [4.78, 5) is 0. The summed E-state index contributed by atoms with van der Waals surface area (Å²) >= 11 is 6.25. The minimum Gasteiger partial charge on any atom is -0.402 e. The molecule has 1 atom stereocenters. The second-order valence-electron chi connectivity index (χ2n) is 3.97. The van der Waals surface area contributed by atoms with E-state index in [2.05, 4.69) is 6.92 Å². The number of unbranched alkanes of at least 4 members (excludes halogenated alkanes) is 3. The largest absolute Gasteiger partial charge is 0.402 e. The Kier molecular flexibility index (Phi) is 5.20. The molecule has 0 saturated carbocycles. The molecule has 1 aliphatic carbocycles. The van der Waals surface area contributed by atoms with E-state index in [1.54, 1.807) is 0 Å². The monoisotopic (exact) mass is 229 g/mol. The Labute approximate surface area is 97.1 Å². The molecule has 0 radical (unpaired) electrons. The molecule has 1 aliphatic rings. The highest BCUT2D eigenvalue weighted by molar-refractivity contribution is 6.24. The van der Waals surface area contributed by atoms with Crippen LogP contribution in [0.1, 0.15) is 39.0 Å². The second kappa shape index (κ2) is 6.19. The Hall–Kier alpha value is -0.470. The summed E-state index contributed by atoms with van der Waals surface area (Å²) in [6.45, 7) is 2.90. The van der Waals surface area contributed by atoms with Crippen molar-refractivity contribution in [1.82, 2.24) is 0 Å². The first kappa shape index (κ1) is 12.6. The lowest BCUT2D eigenvalue weighted by atomic mass is 10.1. The smallest absolute Gasteiger partial charge is 0.166 e. The summed E-state index contributed by atoms with van der Waals surface area (Å²) in [7, 11) is 0. The Morgan fingerprint density at radius 1 is 1.47 bits per heavy atom. The Morgan fingerprint density at radius 2 is 2.27 bits per heavy atom. The van der Waals surface area contributed by atoms with E-state index in [0.717, 1.165) is 12.1 Å². The molecule has 2 nitrogen and oxygen atoms in total. The molecular weight excluding hydrogens is 210 g/mol. The maximum absolute atomic E-state index is 6.25. The zero-order chi connectivity index (χ0) is 11.1. The van der Waals surface area contributed by atoms with Crippen molar-refractivity contribution >= 4 is 11.6 Å². The fraction of sp³-hybridized carbons (Fsp3) is 0.667. The average Bonchev–Trinajstić information content (AvgIpc) is 2.17. The van der Waals surface area contributed by atoms with Gasteiger partial charge in [-0.05, 0) is 18.6 Å². The van der Waals surface area contributed by atoms with Gasteiger partial charge in [0, 0.05) is 18.7 Å². The van der Waals surface area contributed by atoms with Crippen LogP contribution in [-0.4, -0.2) is 11.7 Å². The van der Waals surface area contributed by atoms with Gasteiger partial charge in [0.2, 0.25) is 0 Å². The summed E-state index contributed by atoms with van der Waals surface area (Å²) in [5.74, 6) is 0. The molecule has 0 spiro atoms. The van der Waals surface area contributed by atoms with Crippen LogP contribution in [0.15, 0.2) is 23.9 Å². The van der Waals surface area contributed by atoms with Gasteiger partial charge in [0.15, 0.2) is 5.06 Å². The third kappa shape index (κ3) is 4.72. The van der Waals surface area contributed by atoms with Crippen LogP contribution in [0.2, 0.25) is 0 Å². The lowest BCUT2D eigenvalue weighted by molar-refractivity contribution is 0.0500. The van der Waals surface area contributed by atoms with Gasteiger partial charge >= 0.3 is 0 Å². The van der Waals surface area contributed by atoms with Gasteiger partial charge in [-0.2, -0.15) is 0 Å². The maximum atomic E-state index is 6.25. The van der Waals surface area contributed by atoms with Crippen molar-refractivity contribution in [2.45, 2.75) is 44.1 Å². The van der Waals surface area contributed by atoms with Crippen molar-refractivity contribution in [3.05, 3.63) is 23.9 Å². The quantitative estimate of drug-likeness (QED) is 0.560. The van der Waals surface area contributed by atoms with Crippen molar-refractivity contribution in [2.24, 2.45) is 5.73 Å². The normalized spacial score (nSPS) is 25.3. The van der Waals surface area contributed by atoms with Gasteiger partial charge in [-0.1, -0.05) is 43.9 Å². The molecule has 0 heterocycles. The van der Waals surface area contributed by atoms with Crippen molar-refractivity contribution in [3.63, 3.8) is 0 Å². The zero-order valence-corrected chi connectivity index (χ0v) is 10.1. The summed E-state index contributed by atoms with van der Waals surface area (Å²) < 4.78 is 5.65. The van der Waals surface area contributed by atoms with Crippen molar-refractivity contribution in [2.75, 3.05) is 6.61 Å². The number of hydrogen-bond donors (Lipinski definition) is 1. The van der Waals surface area contributed by atoms with Crippen LogP contribution >= 0.6 is 11.6 Å². The number of ether oxygens (including phenoxy) is 1. The van der Waals surface area contributed by atoms with Gasteiger partial charge in [0.1, 0.15) is 0 Å². The molecule has 1 rings (SSSR count). The van der Waals surface area contributed by atoms with E-state index < -0.39 is 5.06 Å². The first-order chi connectivity index (χ1) is 7.16. The molecule has 0 amide bonds. The van der Waals surface area contributed by atoms with E-state index in [9.17, 15) is 0 Å². The molecule has 0 aromatic heterocycles. The van der Waals surface area contributed by atoms with Crippen LogP contribution in [0.3, 0.4) is 0 Å². The standard InChI is InChI=1S/C12H20ClNO/c1-2-3-4-5-9-15-12(13)8-6-7-11(14)10-12/h6-8H,2-5,9-10,14H2,1H3. The fourth-order valence-corrected chi connectivity index (χ4v) is 1.89. The number of nitrogens with two attached hydrogens (primary N) is 1. The van der Waals surface area contributed by atoms with Gasteiger partial charge < -0.3 is 10.5 Å². The molecule has 0 bridgehead atoms. The first-order valence-electron chi connectivity index (χ1n) is 5.63. The molecule has 3 heteroatoms. The van der Waals surface area contributed by atoms with E-state index in [0.29, 0.717) is 13.0 Å². The molecular formula is C12H20ClNO.